The van der Waals surface area contributed by atoms with Crippen LogP contribution in [0.25, 0.3) is 0 Å². The van der Waals surface area contributed by atoms with E-state index in [2.05, 4.69) is 36.8 Å². The highest BCUT2D eigenvalue weighted by atomic mass is 14.9. The molecule has 1 rings (SSSR count). The normalized spacial score (nSPS) is 12.4. The van der Waals surface area contributed by atoms with E-state index >= 15 is 0 Å². The maximum absolute atomic E-state index is 4.45. The molecular weight excluding hydrogens is 184 g/mol. The minimum Gasteiger partial charge on any atom is -0.309 e. The number of hydrogen-bond acceptors (Lipinski definition) is 2. The lowest BCUT2D eigenvalue weighted by Gasteiger charge is -2.18. The molecule has 0 saturated heterocycles. The van der Waals surface area contributed by atoms with Gasteiger partial charge in [0.2, 0.25) is 0 Å². The van der Waals surface area contributed by atoms with Crippen molar-refractivity contribution in [2.75, 3.05) is 6.54 Å². The van der Waals surface area contributed by atoms with Gasteiger partial charge in [0.05, 0.1) is 11.7 Å². The van der Waals surface area contributed by atoms with Crippen LogP contribution < -0.4 is 5.32 Å². The molecule has 1 unspecified atom stereocenters. The Kier molecular flexibility index (Phi) is 5.05. The lowest BCUT2D eigenvalue weighted by atomic mass is 10.0. The van der Waals surface area contributed by atoms with Crippen LogP contribution in [-0.2, 0) is 0 Å². The molecular formula is C13H20N2. The average molecular weight is 204 g/mol. The minimum atomic E-state index is 0.356. The fourth-order valence-electron chi connectivity index (χ4n) is 1.73. The zero-order valence-corrected chi connectivity index (χ0v) is 9.66. The third-order valence-electron chi connectivity index (χ3n) is 2.49. The molecule has 0 aliphatic carbocycles. The summed E-state index contributed by atoms with van der Waals surface area (Å²) in [4.78, 5) is 4.45. The molecule has 1 atom stereocenters. The fourth-order valence-corrected chi connectivity index (χ4v) is 1.73. The van der Waals surface area contributed by atoms with Gasteiger partial charge in [-0.25, -0.2) is 0 Å². The highest BCUT2D eigenvalue weighted by molar-refractivity contribution is 5.21. The van der Waals surface area contributed by atoms with Crippen LogP contribution in [0.5, 0.6) is 0 Å². The van der Waals surface area contributed by atoms with Gasteiger partial charge >= 0.3 is 0 Å². The lowest BCUT2D eigenvalue weighted by molar-refractivity contribution is 0.505. The Balaban J connectivity index is 2.78. The van der Waals surface area contributed by atoms with Gasteiger partial charge in [0, 0.05) is 6.20 Å². The molecule has 1 aromatic heterocycles. The number of aromatic nitrogens is 1. The predicted molar refractivity (Wildman–Crippen MR) is 64.8 cm³/mol. The van der Waals surface area contributed by atoms with Crippen molar-refractivity contribution in [3.8, 4) is 0 Å². The molecule has 0 fully saturated rings. The van der Waals surface area contributed by atoms with E-state index in [-0.39, 0.29) is 0 Å². The first-order valence-corrected chi connectivity index (χ1v) is 5.55. The molecule has 0 aromatic carbocycles. The third-order valence-corrected chi connectivity index (χ3v) is 2.49. The molecule has 2 heteroatoms. The summed E-state index contributed by atoms with van der Waals surface area (Å²) in [7, 11) is 0. The molecule has 2 nitrogen and oxygen atoms in total. The van der Waals surface area contributed by atoms with Crippen LogP contribution in [0.1, 0.15) is 37.1 Å². The molecule has 0 spiro atoms. The van der Waals surface area contributed by atoms with Crippen molar-refractivity contribution in [3.63, 3.8) is 0 Å². The molecule has 0 aliphatic heterocycles. The number of aryl methyl sites for hydroxylation is 1. The first-order valence-electron chi connectivity index (χ1n) is 5.55. The molecule has 1 heterocycles. The van der Waals surface area contributed by atoms with Crippen molar-refractivity contribution < 1.29 is 0 Å². The molecule has 0 bridgehead atoms. The summed E-state index contributed by atoms with van der Waals surface area (Å²) in [5.41, 5.74) is 2.42. The van der Waals surface area contributed by atoms with E-state index in [1.807, 2.05) is 18.3 Å². The second-order valence-electron chi connectivity index (χ2n) is 3.68. The van der Waals surface area contributed by atoms with E-state index < -0.39 is 0 Å². The van der Waals surface area contributed by atoms with Crippen molar-refractivity contribution in [3.05, 3.63) is 42.2 Å². The lowest BCUT2D eigenvalue weighted by Crippen LogP contribution is -2.22. The van der Waals surface area contributed by atoms with Crippen molar-refractivity contribution >= 4 is 0 Å². The van der Waals surface area contributed by atoms with Crippen LogP contribution in [-0.4, -0.2) is 11.5 Å². The van der Waals surface area contributed by atoms with Crippen LogP contribution in [0.3, 0.4) is 0 Å². The number of nitrogens with zero attached hydrogens (tertiary/aromatic N) is 1. The second kappa shape index (κ2) is 6.36. The summed E-state index contributed by atoms with van der Waals surface area (Å²) >= 11 is 0. The van der Waals surface area contributed by atoms with E-state index in [1.165, 1.54) is 11.3 Å². The maximum Gasteiger partial charge on any atom is 0.0602 e. The van der Waals surface area contributed by atoms with E-state index in [0.29, 0.717) is 6.04 Å². The van der Waals surface area contributed by atoms with E-state index in [1.54, 1.807) is 0 Å². The first kappa shape index (κ1) is 11.9. The summed E-state index contributed by atoms with van der Waals surface area (Å²) < 4.78 is 0. The highest BCUT2D eigenvalue weighted by Crippen LogP contribution is 2.19. The predicted octanol–water partition coefficient (Wildman–Crippen LogP) is 3.01. The van der Waals surface area contributed by atoms with Crippen molar-refractivity contribution in [2.45, 2.75) is 32.7 Å². The molecule has 0 aliphatic rings. The molecule has 1 aromatic rings. The topological polar surface area (TPSA) is 24.9 Å². The van der Waals surface area contributed by atoms with Crippen LogP contribution >= 0.6 is 0 Å². The SMILES string of the molecule is C=CCCC(NCC)c1ncccc1C. The third kappa shape index (κ3) is 3.48. The Morgan fingerprint density at radius 1 is 1.60 bits per heavy atom. The molecule has 15 heavy (non-hydrogen) atoms. The largest absolute Gasteiger partial charge is 0.309 e. The van der Waals surface area contributed by atoms with Gasteiger partial charge in [-0.1, -0.05) is 19.1 Å². The summed E-state index contributed by atoms with van der Waals surface area (Å²) in [5.74, 6) is 0. The second-order valence-corrected chi connectivity index (χ2v) is 3.68. The quantitative estimate of drug-likeness (QED) is 0.720. The summed E-state index contributed by atoms with van der Waals surface area (Å²) in [6.07, 6.45) is 5.91. The smallest absolute Gasteiger partial charge is 0.0602 e. The van der Waals surface area contributed by atoms with Gasteiger partial charge in [-0.3, -0.25) is 4.98 Å². The van der Waals surface area contributed by atoms with Crippen LogP contribution in [0.2, 0.25) is 0 Å². The Morgan fingerprint density at radius 2 is 2.40 bits per heavy atom. The Hall–Kier alpha value is -1.15. The van der Waals surface area contributed by atoms with Crippen molar-refractivity contribution in [1.82, 2.24) is 10.3 Å². The van der Waals surface area contributed by atoms with Gasteiger partial charge in [0.1, 0.15) is 0 Å². The number of hydrogen-bond donors (Lipinski definition) is 1. The maximum atomic E-state index is 4.45. The van der Waals surface area contributed by atoms with E-state index in [9.17, 15) is 0 Å². The summed E-state index contributed by atoms with van der Waals surface area (Å²) in [6.45, 7) is 8.97. The summed E-state index contributed by atoms with van der Waals surface area (Å²) in [6, 6.07) is 4.45. The zero-order valence-electron chi connectivity index (χ0n) is 9.66. The highest BCUT2D eigenvalue weighted by Gasteiger charge is 2.12. The van der Waals surface area contributed by atoms with Gasteiger partial charge in [-0.15, -0.1) is 6.58 Å². The molecule has 0 radical (unpaired) electrons. The van der Waals surface area contributed by atoms with E-state index in [0.717, 1.165) is 19.4 Å². The number of allylic oxidation sites excluding steroid dienone is 1. The van der Waals surface area contributed by atoms with Crippen molar-refractivity contribution in [1.29, 1.82) is 0 Å². The Bertz CT molecular complexity index is 307. The van der Waals surface area contributed by atoms with Crippen LogP contribution in [0.4, 0.5) is 0 Å². The Morgan fingerprint density at radius 3 is 3.00 bits per heavy atom. The van der Waals surface area contributed by atoms with Gasteiger partial charge in [0.25, 0.3) is 0 Å². The van der Waals surface area contributed by atoms with E-state index in [4.69, 9.17) is 0 Å². The number of nitrogens with one attached hydrogen (secondary N) is 1. The zero-order chi connectivity index (χ0) is 11.1. The van der Waals surface area contributed by atoms with Gasteiger partial charge in [-0.05, 0) is 37.9 Å². The van der Waals surface area contributed by atoms with Crippen LogP contribution in [0, 0.1) is 6.92 Å². The van der Waals surface area contributed by atoms with Gasteiger partial charge < -0.3 is 5.32 Å². The minimum absolute atomic E-state index is 0.356. The molecule has 82 valence electrons. The van der Waals surface area contributed by atoms with Gasteiger partial charge in [0.15, 0.2) is 0 Å². The van der Waals surface area contributed by atoms with Crippen molar-refractivity contribution in [2.24, 2.45) is 0 Å². The number of rotatable bonds is 6. The standard InChI is InChI=1S/C13H20N2/c1-4-6-9-12(14-5-2)13-11(3)8-7-10-15-13/h4,7-8,10,12,14H,1,5-6,9H2,2-3H3. The molecule has 0 saturated carbocycles. The summed E-state index contributed by atoms with van der Waals surface area (Å²) in [5, 5.41) is 3.46. The average Bonchev–Trinajstić information content (AvgIpc) is 2.25. The first-order chi connectivity index (χ1) is 7.29. The monoisotopic (exact) mass is 204 g/mol. The van der Waals surface area contributed by atoms with Crippen LogP contribution in [0.15, 0.2) is 31.0 Å². The Labute approximate surface area is 92.4 Å². The molecule has 1 N–H and O–H groups in total. The van der Waals surface area contributed by atoms with Gasteiger partial charge in [-0.2, -0.15) is 0 Å². The number of pyridine rings is 1. The fraction of sp³-hybridized carbons (Fsp3) is 0.462. The molecule has 0 amide bonds.